The van der Waals surface area contributed by atoms with Crippen LogP contribution in [0.4, 0.5) is 18.9 Å². The zero-order chi connectivity index (χ0) is 30.3. The van der Waals surface area contributed by atoms with Crippen molar-refractivity contribution in [1.82, 2.24) is 15.2 Å². The average molecular weight is 607 g/mol. The topological polar surface area (TPSA) is 65.5 Å². The third-order valence-corrected chi connectivity index (χ3v) is 8.97. The monoisotopic (exact) mass is 606 g/mol. The number of amides is 2. The van der Waals surface area contributed by atoms with Crippen molar-refractivity contribution in [3.05, 3.63) is 106 Å². The summed E-state index contributed by atoms with van der Waals surface area (Å²) < 4.78 is 39.7. The number of benzene rings is 3. The highest BCUT2D eigenvalue weighted by atomic mass is 35.5. The Kier molecular flexibility index (Phi) is 7.77. The van der Waals surface area contributed by atoms with E-state index in [0.717, 1.165) is 71.7 Å². The number of halogens is 4. The lowest BCUT2D eigenvalue weighted by molar-refractivity contribution is -0.137. The van der Waals surface area contributed by atoms with E-state index in [1.165, 1.54) is 0 Å². The van der Waals surface area contributed by atoms with E-state index in [2.05, 4.69) is 33.4 Å². The summed E-state index contributed by atoms with van der Waals surface area (Å²) in [5.74, 6) is -0.782. The summed E-state index contributed by atoms with van der Waals surface area (Å²) in [7, 11) is 1.83. The number of nitrogens with one attached hydrogen (secondary N) is 1. The van der Waals surface area contributed by atoms with Gasteiger partial charge in [0.05, 0.1) is 22.2 Å². The Hall–Kier alpha value is -4.11. The molecule has 1 N–H and O–H groups in total. The molecule has 0 bridgehead atoms. The van der Waals surface area contributed by atoms with Crippen molar-refractivity contribution in [2.75, 3.05) is 25.0 Å². The smallest absolute Gasteiger partial charge is 0.371 e. The van der Waals surface area contributed by atoms with Gasteiger partial charge in [0, 0.05) is 55.2 Å². The summed E-state index contributed by atoms with van der Waals surface area (Å²) in [6.45, 7) is 1.66. The van der Waals surface area contributed by atoms with Crippen LogP contribution in [0.2, 0.25) is 5.02 Å². The molecule has 3 aromatic carbocycles. The van der Waals surface area contributed by atoms with E-state index in [0.29, 0.717) is 18.4 Å². The van der Waals surface area contributed by atoms with Crippen LogP contribution in [0.1, 0.15) is 62.7 Å². The average Bonchev–Trinajstić information content (AvgIpc) is 3.41. The van der Waals surface area contributed by atoms with Gasteiger partial charge in [-0.3, -0.25) is 14.6 Å². The normalized spacial score (nSPS) is 17.1. The van der Waals surface area contributed by atoms with Gasteiger partial charge in [0.2, 0.25) is 0 Å². The molecule has 2 aliphatic rings. The van der Waals surface area contributed by atoms with Gasteiger partial charge in [-0.2, -0.15) is 13.2 Å². The minimum atomic E-state index is -4.59. The molecule has 222 valence electrons. The van der Waals surface area contributed by atoms with Crippen LogP contribution in [0.3, 0.4) is 0 Å². The maximum Gasteiger partial charge on any atom is 0.416 e. The Labute approximate surface area is 252 Å². The van der Waals surface area contributed by atoms with Crippen molar-refractivity contribution in [2.45, 2.75) is 43.9 Å². The number of hydrogen-bond acceptors (Lipinski definition) is 4. The van der Waals surface area contributed by atoms with E-state index in [1.807, 2.05) is 31.4 Å². The maximum atomic E-state index is 13.6. The van der Waals surface area contributed by atoms with Gasteiger partial charge in [0.15, 0.2) is 0 Å². The summed E-state index contributed by atoms with van der Waals surface area (Å²) >= 11 is 6.09. The van der Waals surface area contributed by atoms with Crippen LogP contribution in [0.5, 0.6) is 0 Å². The molecule has 2 heterocycles. The van der Waals surface area contributed by atoms with Gasteiger partial charge in [-0.15, -0.1) is 0 Å². The van der Waals surface area contributed by atoms with Gasteiger partial charge in [0.25, 0.3) is 11.8 Å². The molecule has 0 radical (unpaired) electrons. The molecule has 6 nitrogen and oxygen atoms in total. The van der Waals surface area contributed by atoms with Gasteiger partial charge < -0.3 is 15.1 Å². The molecular formula is C33H30ClF3N4O2. The second-order valence-electron chi connectivity index (χ2n) is 11.2. The summed E-state index contributed by atoms with van der Waals surface area (Å²) in [6.07, 6.45) is 1.98. The number of hydrogen-bond donors (Lipinski definition) is 1. The summed E-state index contributed by atoms with van der Waals surface area (Å²) in [5.41, 5.74) is 2.31. The van der Waals surface area contributed by atoms with E-state index in [1.54, 1.807) is 17.2 Å². The maximum absolute atomic E-state index is 13.6. The van der Waals surface area contributed by atoms with Crippen LogP contribution in [0.15, 0.2) is 73.1 Å². The lowest BCUT2D eigenvalue weighted by Crippen LogP contribution is -2.45. The molecule has 10 heteroatoms. The summed E-state index contributed by atoms with van der Waals surface area (Å²) in [5, 5.41) is 5.02. The van der Waals surface area contributed by atoms with Crippen LogP contribution < -0.4 is 10.2 Å². The fraction of sp³-hybridized carbons (Fsp3) is 0.303. The number of alkyl halides is 3. The number of piperidine rings is 1. The molecule has 1 saturated heterocycles. The highest BCUT2D eigenvalue weighted by Gasteiger charge is 2.33. The third kappa shape index (κ3) is 5.91. The molecule has 43 heavy (non-hydrogen) atoms. The highest BCUT2D eigenvalue weighted by molar-refractivity contribution is 6.33. The number of rotatable bonds is 5. The van der Waals surface area contributed by atoms with Crippen LogP contribution in [-0.4, -0.2) is 47.9 Å². The molecule has 0 spiro atoms. The van der Waals surface area contributed by atoms with Crippen molar-refractivity contribution in [3.63, 3.8) is 0 Å². The Bertz CT molecular complexity index is 1700. The van der Waals surface area contributed by atoms with Gasteiger partial charge in [-0.1, -0.05) is 23.7 Å². The standard InChI is InChI=1S/C33H30ClF3N4O2/c1-40(25-11-14-41(15-12-25)26-7-4-23-19-38-13-10-21(23)16-26)32(43)22-3-2-20-5-9-30(27(20)17-22)39-31(42)28-18-24(33(35,36)37)6-8-29(28)34/h2-4,6-8,10,13,16-19,25,30H,5,9,11-12,14-15H2,1H3,(H,39,42). The Balaban J connectivity index is 1.12. The molecule has 0 saturated carbocycles. The predicted molar refractivity (Wildman–Crippen MR) is 160 cm³/mol. The fourth-order valence-corrected chi connectivity index (χ4v) is 6.35. The molecule has 2 amide bonds. The number of aryl methyl sites for hydroxylation is 1. The predicted octanol–water partition coefficient (Wildman–Crippen LogP) is 7.07. The Morgan fingerprint density at radius 1 is 0.977 bits per heavy atom. The zero-order valence-corrected chi connectivity index (χ0v) is 24.3. The van der Waals surface area contributed by atoms with E-state index in [9.17, 15) is 22.8 Å². The molecule has 6 rings (SSSR count). The van der Waals surface area contributed by atoms with E-state index in [-0.39, 0.29) is 22.5 Å². The molecular weight excluding hydrogens is 577 g/mol. The number of pyridine rings is 1. The molecule has 1 unspecified atom stereocenters. The number of nitrogens with zero attached hydrogens (tertiary/aromatic N) is 3. The van der Waals surface area contributed by atoms with Gasteiger partial charge in [-0.25, -0.2) is 0 Å². The van der Waals surface area contributed by atoms with Crippen LogP contribution >= 0.6 is 11.6 Å². The van der Waals surface area contributed by atoms with Crippen molar-refractivity contribution in [1.29, 1.82) is 0 Å². The number of carbonyl (C=O) groups excluding carboxylic acids is 2. The van der Waals surface area contributed by atoms with Gasteiger partial charge in [-0.05, 0) is 90.7 Å². The summed E-state index contributed by atoms with van der Waals surface area (Å²) in [4.78, 5) is 34.9. The first-order chi connectivity index (χ1) is 20.6. The number of aromatic nitrogens is 1. The minimum absolute atomic E-state index is 0.0572. The molecule has 1 aliphatic heterocycles. The molecule has 1 aromatic heterocycles. The Morgan fingerprint density at radius 3 is 2.53 bits per heavy atom. The SMILES string of the molecule is CN(C(=O)c1ccc2c(c1)C(NC(=O)c1cc(C(F)(F)F)ccc1Cl)CC2)C1CCN(c2ccc3cnccc3c2)CC1. The molecule has 1 atom stereocenters. The first-order valence-corrected chi connectivity index (χ1v) is 14.6. The lowest BCUT2D eigenvalue weighted by Gasteiger charge is -2.38. The minimum Gasteiger partial charge on any atom is -0.371 e. The van der Waals surface area contributed by atoms with Crippen molar-refractivity contribution >= 4 is 39.9 Å². The lowest BCUT2D eigenvalue weighted by atomic mass is 9.99. The van der Waals surface area contributed by atoms with E-state index in [4.69, 9.17) is 11.6 Å². The van der Waals surface area contributed by atoms with Gasteiger partial charge >= 0.3 is 6.18 Å². The number of fused-ring (bicyclic) bond motifs is 2. The largest absolute Gasteiger partial charge is 0.416 e. The zero-order valence-electron chi connectivity index (χ0n) is 23.5. The quantitative estimate of drug-likeness (QED) is 0.264. The number of anilines is 1. The van der Waals surface area contributed by atoms with Crippen LogP contribution in [0.25, 0.3) is 10.8 Å². The second kappa shape index (κ2) is 11.5. The fourth-order valence-electron chi connectivity index (χ4n) is 6.15. The summed E-state index contributed by atoms with van der Waals surface area (Å²) in [6, 6.07) is 16.2. The van der Waals surface area contributed by atoms with Crippen molar-refractivity contribution in [2.24, 2.45) is 0 Å². The highest BCUT2D eigenvalue weighted by Crippen LogP contribution is 2.35. The molecule has 1 fully saturated rings. The second-order valence-corrected chi connectivity index (χ2v) is 11.6. The van der Waals surface area contributed by atoms with Crippen molar-refractivity contribution < 1.29 is 22.8 Å². The molecule has 1 aliphatic carbocycles. The first-order valence-electron chi connectivity index (χ1n) is 14.2. The van der Waals surface area contributed by atoms with Gasteiger partial charge in [0.1, 0.15) is 0 Å². The Morgan fingerprint density at radius 2 is 1.77 bits per heavy atom. The third-order valence-electron chi connectivity index (χ3n) is 8.64. The van der Waals surface area contributed by atoms with Crippen LogP contribution in [-0.2, 0) is 12.6 Å². The van der Waals surface area contributed by atoms with E-state index >= 15 is 0 Å². The first kappa shape index (κ1) is 29.0. The number of carbonyl (C=O) groups is 2. The van der Waals surface area contributed by atoms with Crippen molar-refractivity contribution in [3.8, 4) is 0 Å². The van der Waals surface area contributed by atoms with E-state index < -0.39 is 23.7 Å². The molecule has 4 aromatic rings. The van der Waals surface area contributed by atoms with Crippen LogP contribution in [0, 0.1) is 0 Å².